The molecule has 0 bridgehead atoms. The van der Waals surface area contributed by atoms with E-state index in [4.69, 9.17) is 0 Å². The molecule has 1 saturated carbocycles. The first-order chi connectivity index (χ1) is 7.34. The SMILES string of the molecule is CN1CCC(CNCC2CCCCC2)C1. The molecule has 2 fully saturated rings. The number of rotatable bonds is 4. The molecule has 0 aromatic heterocycles. The van der Waals surface area contributed by atoms with Crippen molar-refractivity contribution in [1.29, 1.82) is 0 Å². The Morgan fingerprint density at radius 2 is 1.73 bits per heavy atom. The largest absolute Gasteiger partial charge is 0.316 e. The van der Waals surface area contributed by atoms with Crippen molar-refractivity contribution < 1.29 is 0 Å². The Morgan fingerprint density at radius 3 is 2.40 bits per heavy atom. The van der Waals surface area contributed by atoms with Gasteiger partial charge in [0.2, 0.25) is 0 Å². The zero-order chi connectivity index (χ0) is 10.5. The van der Waals surface area contributed by atoms with E-state index in [2.05, 4.69) is 17.3 Å². The number of hydrogen-bond donors (Lipinski definition) is 1. The highest BCUT2D eigenvalue weighted by atomic mass is 15.1. The Balaban J connectivity index is 1.54. The number of likely N-dealkylation sites (tertiary alicyclic amines) is 1. The molecule has 1 N–H and O–H groups in total. The summed E-state index contributed by atoms with van der Waals surface area (Å²) in [7, 11) is 2.24. The van der Waals surface area contributed by atoms with Gasteiger partial charge in [0.1, 0.15) is 0 Å². The third kappa shape index (κ3) is 3.76. The lowest BCUT2D eigenvalue weighted by atomic mass is 9.89. The third-order valence-electron chi connectivity index (χ3n) is 4.08. The highest BCUT2D eigenvalue weighted by molar-refractivity contribution is 4.76. The molecule has 0 spiro atoms. The Morgan fingerprint density at radius 1 is 1.00 bits per heavy atom. The fraction of sp³-hybridized carbons (Fsp3) is 1.00. The summed E-state index contributed by atoms with van der Waals surface area (Å²) in [5, 5.41) is 3.69. The van der Waals surface area contributed by atoms with E-state index in [0.29, 0.717) is 0 Å². The second kappa shape index (κ2) is 5.86. The van der Waals surface area contributed by atoms with Crippen molar-refractivity contribution in [3.05, 3.63) is 0 Å². The normalized spacial score (nSPS) is 29.8. The summed E-state index contributed by atoms with van der Waals surface area (Å²) in [6, 6.07) is 0. The molecular weight excluding hydrogens is 184 g/mol. The van der Waals surface area contributed by atoms with E-state index in [9.17, 15) is 0 Å². The molecule has 1 unspecified atom stereocenters. The summed E-state index contributed by atoms with van der Waals surface area (Å²) in [4.78, 5) is 2.45. The van der Waals surface area contributed by atoms with Crippen LogP contribution < -0.4 is 5.32 Å². The first-order valence-corrected chi connectivity index (χ1v) is 6.74. The minimum absolute atomic E-state index is 0.915. The Labute approximate surface area is 94.4 Å². The molecule has 15 heavy (non-hydrogen) atoms. The summed E-state index contributed by atoms with van der Waals surface area (Å²) in [6.45, 7) is 5.13. The topological polar surface area (TPSA) is 15.3 Å². The van der Waals surface area contributed by atoms with Gasteiger partial charge < -0.3 is 10.2 Å². The highest BCUT2D eigenvalue weighted by Gasteiger charge is 2.19. The molecule has 1 heterocycles. The van der Waals surface area contributed by atoms with E-state index in [0.717, 1.165) is 11.8 Å². The highest BCUT2D eigenvalue weighted by Crippen LogP contribution is 2.23. The minimum Gasteiger partial charge on any atom is -0.316 e. The zero-order valence-electron chi connectivity index (χ0n) is 10.2. The van der Waals surface area contributed by atoms with E-state index < -0.39 is 0 Å². The molecular formula is C13H26N2. The summed E-state index contributed by atoms with van der Waals surface area (Å²) in [6.07, 6.45) is 8.75. The third-order valence-corrected chi connectivity index (χ3v) is 4.08. The van der Waals surface area contributed by atoms with Crippen molar-refractivity contribution in [2.45, 2.75) is 38.5 Å². The molecule has 0 radical (unpaired) electrons. The number of nitrogens with one attached hydrogen (secondary N) is 1. The van der Waals surface area contributed by atoms with Gasteiger partial charge in [-0.25, -0.2) is 0 Å². The fourth-order valence-corrected chi connectivity index (χ4v) is 3.08. The maximum absolute atomic E-state index is 3.69. The van der Waals surface area contributed by atoms with Crippen LogP contribution in [0.15, 0.2) is 0 Å². The van der Waals surface area contributed by atoms with Gasteiger partial charge in [-0.1, -0.05) is 19.3 Å². The Kier molecular flexibility index (Phi) is 4.45. The lowest BCUT2D eigenvalue weighted by Crippen LogP contribution is -2.30. The van der Waals surface area contributed by atoms with E-state index >= 15 is 0 Å². The minimum atomic E-state index is 0.915. The van der Waals surface area contributed by atoms with E-state index in [1.165, 1.54) is 64.7 Å². The molecule has 1 saturated heterocycles. The Bertz CT molecular complexity index is 171. The van der Waals surface area contributed by atoms with E-state index in [1.807, 2.05) is 0 Å². The molecule has 0 amide bonds. The summed E-state index contributed by atoms with van der Waals surface area (Å²) < 4.78 is 0. The first-order valence-electron chi connectivity index (χ1n) is 6.74. The average molecular weight is 210 g/mol. The van der Waals surface area contributed by atoms with Gasteiger partial charge in [0, 0.05) is 6.54 Å². The van der Waals surface area contributed by atoms with Gasteiger partial charge in [-0.3, -0.25) is 0 Å². The maximum Gasteiger partial charge on any atom is 0.00192 e. The molecule has 2 rings (SSSR count). The molecule has 0 aromatic rings. The summed E-state index contributed by atoms with van der Waals surface area (Å²) in [5.41, 5.74) is 0. The van der Waals surface area contributed by atoms with Gasteiger partial charge in [0.05, 0.1) is 0 Å². The van der Waals surface area contributed by atoms with Crippen molar-refractivity contribution in [3.63, 3.8) is 0 Å². The second-order valence-electron chi connectivity index (χ2n) is 5.58. The number of nitrogens with zero attached hydrogens (tertiary/aromatic N) is 1. The van der Waals surface area contributed by atoms with Crippen LogP contribution in [-0.4, -0.2) is 38.1 Å². The quantitative estimate of drug-likeness (QED) is 0.764. The first kappa shape index (κ1) is 11.4. The van der Waals surface area contributed by atoms with Crippen molar-refractivity contribution in [3.8, 4) is 0 Å². The predicted molar refractivity (Wildman–Crippen MR) is 65.0 cm³/mol. The van der Waals surface area contributed by atoms with Crippen molar-refractivity contribution >= 4 is 0 Å². The zero-order valence-corrected chi connectivity index (χ0v) is 10.2. The molecule has 1 atom stereocenters. The van der Waals surface area contributed by atoms with Gasteiger partial charge >= 0.3 is 0 Å². The number of hydrogen-bond acceptors (Lipinski definition) is 2. The van der Waals surface area contributed by atoms with Crippen LogP contribution in [0, 0.1) is 11.8 Å². The van der Waals surface area contributed by atoms with Crippen LogP contribution in [0.3, 0.4) is 0 Å². The lowest BCUT2D eigenvalue weighted by Gasteiger charge is -2.22. The van der Waals surface area contributed by atoms with Crippen molar-refractivity contribution in [1.82, 2.24) is 10.2 Å². The van der Waals surface area contributed by atoms with E-state index in [-0.39, 0.29) is 0 Å². The van der Waals surface area contributed by atoms with Crippen LogP contribution >= 0.6 is 0 Å². The maximum atomic E-state index is 3.69. The van der Waals surface area contributed by atoms with Crippen LogP contribution in [0.2, 0.25) is 0 Å². The van der Waals surface area contributed by atoms with Crippen LogP contribution in [0.1, 0.15) is 38.5 Å². The molecule has 88 valence electrons. The average Bonchev–Trinajstić information content (AvgIpc) is 2.66. The predicted octanol–water partition coefficient (Wildman–Crippen LogP) is 2.11. The van der Waals surface area contributed by atoms with Gasteiger partial charge in [0.15, 0.2) is 0 Å². The van der Waals surface area contributed by atoms with Gasteiger partial charge in [-0.05, 0) is 57.8 Å². The van der Waals surface area contributed by atoms with E-state index in [1.54, 1.807) is 0 Å². The second-order valence-corrected chi connectivity index (χ2v) is 5.58. The molecule has 2 nitrogen and oxygen atoms in total. The van der Waals surface area contributed by atoms with Crippen LogP contribution in [0.4, 0.5) is 0 Å². The van der Waals surface area contributed by atoms with Crippen LogP contribution in [-0.2, 0) is 0 Å². The Hall–Kier alpha value is -0.0800. The van der Waals surface area contributed by atoms with Crippen LogP contribution in [0.5, 0.6) is 0 Å². The standard InChI is InChI=1S/C13H26N2/c1-15-8-7-13(11-15)10-14-9-12-5-3-2-4-6-12/h12-14H,2-11H2,1H3. The molecule has 2 heteroatoms. The molecule has 1 aliphatic carbocycles. The van der Waals surface area contributed by atoms with Gasteiger partial charge in [-0.15, -0.1) is 0 Å². The van der Waals surface area contributed by atoms with Crippen LogP contribution in [0.25, 0.3) is 0 Å². The smallest absolute Gasteiger partial charge is 0.00192 e. The van der Waals surface area contributed by atoms with Crippen molar-refractivity contribution in [2.75, 3.05) is 33.2 Å². The molecule has 1 aliphatic heterocycles. The van der Waals surface area contributed by atoms with Gasteiger partial charge in [-0.2, -0.15) is 0 Å². The summed E-state index contributed by atoms with van der Waals surface area (Å²) >= 11 is 0. The van der Waals surface area contributed by atoms with Crippen molar-refractivity contribution in [2.24, 2.45) is 11.8 Å². The lowest BCUT2D eigenvalue weighted by molar-refractivity contribution is 0.329. The molecule has 2 aliphatic rings. The molecule has 0 aromatic carbocycles. The fourth-order valence-electron chi connectivity index (χ4n) is 3.08. The summed E-state index contributed by atoms with van der Waals surface area (Å²) in [5.74, 6) is 1.90. The van der Waals surface area contributed by atoms with Gasteiger partial charge in [0.25, 0.3) is 0 Å². The monoisotopic (exact) mass is 210 g/mol.